The molecule has 1 aliphatic rings. The van der Waals surface area contributed by atoms with E-state index in [0.29, 0.717) is 5.92 Å². The molecule has 100 valence electrons. The van der Waals surface area contributed by atoms with Crippen molar-refractivity contribution in [1.82, 2.24) is 9.97 Å². The quantitative estimate of drug-likeness (QED) is 0.833. The molecule has 0 spiro atoms. The first-order valence-corrected chi connectivity index (χ1v) is 7.43. The van der Waals surface area contributed by atoms with Gasteiger partial charge < -0.3 is 5.32 Å². The largest absolute Gasteiger partial charge is 0.370 e. The summed E-state index contributed by atoms with van der Waals surface area (Å²) in [6.07, 6.45) is 6.90. The van der Waals surface area contributed by atoms with Gasteiger partial charge in [0.1, 0.15) is 11.6 Å². The monoisotopic (exact) mass is 247 g/mol. The summed E-state index contributed by atoms with van der Waals surface area (Å²) < 4.78 is 0. The zero-order valence-electron chi connectivity index (χ0n) is 11.9. The van der Waals surface area contributed by atoms with Crippen molar-refractivity contribution in [2.24, 2.45) is 0 Å². The summed E-state index contributed by atoms with van der Waals surface area (Å²) in [5.74, 6) is 2.68. The molecule has 0 unspecified atom stereocenters. The van der Waals surface area contributed by atoms with E-state index in [1.165, 1.54) is 17.7 Å². The summed E-state index contributed by atoms with van der Waals surface area (Å²) >= 11 is 0. The minimum atomic E-state index is 0.512. The maximum atomic E-state index is 4.81. The lowest BCUT2D eigenvalue weighted by atomic mass is 10.0. The van der Waals surface area contributed by atoms with E-state index in [4.69, 9.17) is 9.97 Å². The number of rotatable bonds is 6. The first kappa shape index (κ1) is 13.3. The predicted octanol–water partition coefficient (Wildman–Crippen LogP) is 3.69. The van der Waals surface area contributed by atoms with E-state index in [-0.39, 0.29) is 0 Å². The van der Waals surface area contributed by atoms with Crippen LogP contribution in [-0.2, 0) is 12.8 Å². The number of hydrogen-bond acceptors (Lipinski definition) is 3. The highest BCUT2D eigenvalue weighted by atomic mass is 15.0. The summed E-state index contributed by atoms with van der Waals surface area (Å²) in [6, 6.07) is 0. The molecule has 0 radical (unpaired) electrons. The number of aromatic nitrogens is 2. The Kier molecular flexibility index (Phi) is 4.56. The van der Waals surface area contributed by atoms with Gasteiger partial charge in [0.25, 0.3) is 0 Å². The summed E-state index contributed by atoms with van der Waals surface area (Å²) in [4.78, 5) is 9.61. The molecule has 0 aromatic carbocycles. The Labute approximate surface area is 110 Å². The van der Waals surface area contributed by atoms with Crippen LogP contribution in [0.3, 0.4) is 0 Å². The van der Waals surface area contributed by atoms with Gasteiger partial charge in [-0.1, -0.05) is 20.8 Å². The Bertz CT molecular complexity index is 397. The third-order valence-corrected chi connectivity index (χ3v) is 3.84. The Morgan fingerprint density at radius 1 is 1.11 bits per heavy atom. The van der Waals surface area contributed by atoms with E-state index in [9.17, 15) is 0 Å². The Morgan fingerprint density at radius 2 is 1.89 bits per heavy atom. The molecule has 0 atom stereocenters. The number of anilines is 1. The Morgan fingerprint density at radius 3 is 2.56 bits per heavy atom. The zero-order valence-corrected chi connectivity index (χ0v) is 11.9. The van der Waals surface area contributed by atoms with Gasteiger partial charge in [0, 0.05) is 23.7 Å². The van der Waals surface area contributed by atoms with Gasteiger partial charge in [-0.05, 0) is 38.5 Å². The van der Waals surface area contributed by atoms with E-state index in [1.807, 2.05) is 0 Å². The van der Waals surface area contributed by atoms with E-state index < -0.39 is 0 Å². The molecule has 0 saturated carbocycles. The lowest BCUT2D eigenvalue weighted by molar-refractivity contribution is 0.598. The van der Waals surface area contributed by atoms with Crippen molar-refractivity contribution in [2.75, 3.05) is 11.9 Å². The van der Waals surface area contributed by atoms with E-state index >= 15 is 0 Å². The Balaban J connectivity index is 2.32. The number of hydrogen-bond donors (Lipinski definition) is 1. The van der Waals surface area contributed by atoms with Crippen LogP contribution in [0, 0.1) is 0 Å². The van der Waals surface area contributed by atoms with Gasteiger partial charge in [0.2, 0.25) is 0 Å². The third-order valence-electron chi connectivity index (χ3n) is 3.84. The smallest absolute Gasteiger partial charge is 0.134 e. The summed E-state index contributed by atoms with van der Waals surface area (Å²) in [5, 5.41) is 3.49. The standard InChI is InChI=1S/C15H25N3/c1-4-10-16-15-12-8-7-9-13(12)17-14(18-15)11(5-2)6-3/h11H,4-10H2,1-3H3,(H,16,17,18). The maximum absolute atomic E-state index is 4.81. The fraction of sp³-hybridized carbons (Fsp3) is 0.733. The fourth-order valence-corrected chi connectivity index (χ4v) is 2.68. The van der Waals surface area contributed by atoms with Crippen LogP contribution in [0.5, 0.6) is 0 Å². The molecule has 3 heteroatoms. The van der Waals surface area contributed by atoms with Gasteiger partial charge >= 0.3 is 0 Å². The second-order valence-electron chi connectivity index (χ2n) is 5.15. The summed E-state index contributed by atoms with van der Waals surface area (Å²) in [5.41, 5.74) is 2.67. The van der Waals surface area contributed by atoms with Crippen LogP contribution in [0.1, 0.15) is 69.5 Å². The van der Waals surface area contributed by atoms with Crippen LogP contribution in [-0.4, -0.2) is 16.5 Å². The SMILES string of the molecule is CCCNc1nc(C(CC)CC)nc2c1CCC2. The van der Waals surface area contributed by atoms with Crippen LogP contribution < -0.4 is 5.32 Å². The Hall–Kier alpha value is -1.12. The second kappa shape index (κ2) is 6.17. The third kappa shape index (κ3) is 2.65. The lowest BCUT2D eigenvalue weighted by Crippen LogP contribution is -2.11. The highest BCUT2D eigenvalue weighted by Gasteiger charge is 2.21. The number of fused-ring (bicyclic) bond motifs is 1. The molecular weight excluding hydrogens is 222 g/mol. The molecule has 3 nitrogen and oxygen atoms in total. The van der Waals surface area contributed by atoms with Crippen LogP contribution >= 0.6 is 0 Å². The minimum Gasteiger partial charge on any atom is -0.370 e. The molecule has 1 aliphatic carbocycles. The van der Waals surface area contributed by atoms with Crippen LogP contribution in [0.15, 0.2) is 0 Å². The van der Waals surface area contributed by atoms with Gasteiger partial charge in [-0.2, -0.15) is 0 Å². The predicted molar refractivity (Wildman–Crippen MR) is 76.2 cm³/mol. The lowest BCUT2D eigenvalue weighted by Gasteiger charge is -2.16. The van der Waals surface area contributed by atoms with Crippen molar-refractivity contribution >= 4 is 5.82 Å². The van der Waals surface area contributed by atoms with Crippen LogP contribution in [0.4, 0.5) is 5.82 Å². The van der Waals surface area contributed by atoms with Crippen molar-refractivity contribution in [1.29, 1.82) is 0 Å². The second-order valence-corrected chi connectivity index (χ2v) is 5.15. The van der Waals surface area contributed by atoms with Crippen molar-refractivity contribution in [3.63, 3.8) is 0 Å². The maximum Gasteiger partial charge on any atom is 0.134 e. The molecule has 1 aromatic rings. The molecule has 0 bridgehead atoms. The van der Waals surface area contributed by atoms with Gasteiger partial charge in [0.15, 0.2) is 0 Å². The summed E-state index contributed by atoms with van der Waals surface area (Å²) in [6.45, 7) is 7.65. The van der Waals surface area contributed by atoms with Gasteiger partial charge in [-0.25, -0.2) is 9.97 Å². The van der Waals surface area contributed by atoms with E-state index in [2.05, 4.69) is 26.1 Å². The zero-order chi connectivity index (χ0) is 13.0. The van der Waals surface area contributed by atoms with E-state index in [0.717, 1.165) is 50.3 Å². The average molecular weight is 247 g/mol. The number of nitrogens with one attached hydrogen (secondary N) is 1. The molecule has 0 saturated heterocycles. The molecule has 0 fully saturated rings. The molecule has 18 heavy (non-hydrogen) atoms. The molecule has 1 N–H and O–H groups in total. The van der Waals surface area contributed by atoms with Crippen LogP contribution in [0.25, 0.3) is 0 Å². The molecule has 2 rings (SSSR count). The molecule has 0 aliphatic heterocycles. The molecule has 0 amide bonds. The normalized spacial score (nSPS) is 14.0. The van der Waals surface area contributed by atoms with Crippen molar-refractivity contribution < 1.29 is 0 Å². The molecule has 1 heterocycles. The number of aryl methyl sites for hydroxylation is 1. The van der Waals surface area contributed by atoms with Gasteiger partial charge in [-0.3, -0.25) is 0 Å². The topological polar surface area (TPSA) is 37.8 Å². The first-order chi connectivity index (χ1) is 8.80. The minimum absolute atomic E-state index is 0.512. The van der Waals surface area contributed by atoms with Gasteiger partial charge in [-0.15, -0.1) is 0 Å². The van der Waals surface area contributed by atoms with Crippen molar-refractivity contribution in [3.8, 4) is 0 Å². The molecule has 1 aromatic heterocycles. The fourth-order valence-electron chi connectivity index (χ4n) is 2.68. The average Bonchev–Trinajstić information content (AvgIpc) is 2.85. The molecular formula is C15H25N3. The van der Waals surface area contributed by atoms with Crippen molar-refractivity contribution in [3.05, 3.63) is 17.1 Å². The summed E-state index contributed by atoms with van der Waals surface area (Å²) in [7, 11) is 0. The van der Waals surface area contributed by atoms with Crippen LogP contribution in [0.2, 0.25) is 0 Å². The first-order valence-electron chi connectivity index (χ1n) is 7.43. The van der Waals surface area contributed by atoms with Crippen molar-refractivity contribution in [2.45, 2.75) is 65.2 Å². The highest BCUT2D eigenvalue weighted by molar-refractivity contribution is 5.49. The van der Waals surface area contributed by atoms with Gasteiger partial charge in [0.05, 0.1) is 0 Å². The van der Waals surface area contributed by atoms with E-state index in [1.54, 1.807) is 0 Å². The highest BCUT2D eigenvalue weighted by Crippen LogP contribution is 2.29. The number of nitrogens with zero attached hydrogens (tertiary/aromatic N) is 2.